The van der Waals surface area contributed by atoms with Gasteiger partial charge in [0.05, 0.1) is 11.3 Å². The van der Waals surface area contributed by atoms with E-state index in [1.54, 1.807) is 0 Å². The van der Waals surface area contributed by atoms with Crippen LogP contribution in [0.15, 0.2) is 11.2 Å². The largest absolute Gasteiger partial charge is 0.481 e. The van der Waals surface area contributed by atoms with Gasteiger partial charge in [0, 0.05) is 17.3 Å². The van der Waals surface area contributed by atoms with E-state index >= 15 is 0 Å². The summed E-state index contributed by atoms with van der Waals surface area (Å²) in [4.78, 5) is 29.4. The van der Waals surface area contributed by atoms with Crippen LogP contribution in [-0.2, 0) is 21.5 Å². The minimum atomic E-state index is -0.818. The van der Waals surface area contributed by atoms with Gasteiger partial charge in [-0.1, -0.05) is 34.1 Å². The Balaban J connectivity index is 2.47. The van der Waals surface area contributed by atoms with E-state index in [1.807, 2.05) is 20.8 Å². The molecule has 0 radical (unpaired) electrons. The summed E-state index contributed by atoms with van der Waals surface area (Å²) in [6.07, 6.45) is 6.25. The molecule has 0 saturated heterocycles. The van der Waals surface area contributed by atoms with Gasteiger partial charge < -0.3 is 5.11 Å². The monoisotopic (exact) mass is 394 g/mol. The molecule has 0 aromatic carbocycles. The standard InChI is InChI=1S/C21H34N2O3S/c1-8-9-10-14-13-23(19(2,3)4)27-16(14)22-18(26)21(7)12-11-15(17(24)25)20(21,5)6/h13,15H,8-12H2,1-7H3,(H,24,25). The number of carbonyl (C=O) groups excluding carboxylic acids is 1. The minimum absolute atomic E-state index is 0.0621. The van der Waals surface area contributed by atoms with E-state index in [-0.39, 0.29) is 11.4 Å². The Morgan fingerprint density at radius 3 is 2.44 bits per heavy atom. The fourth-order valence-corrected chi connectivity index (χ4v) is 4.90. The summed E-state index contributed by atoms with van der Waals surface area (Å²) in [7, 11) is 0. The van der Waals surface area contributed by atoms with Crippen LogP contribution in [0.2, 0.25) is 0 Å². The first-order valence-corrected chi connectivity index (χ1v) is 10.7. The fraction of sp³-hybridized carbons (Fsp3) is 0.762. The SMILES string of the molecule is CCCCc1cn(C(C)(C)C)sc1=NC(=O)C1(C)CCC(C(=O)O)C1(C)C. The molecule has 27 heavy (non-hydrogen) atoms. The molecule has 1 N–H and O–H groups in total. The molecule has 0 aliphatic heterocycles. The van der Waals surface area contributed by atoms with Crippen molar-refractivity contribution in [2.75, 3.05) is 0 Å². The average Bonchev–Trinajstić information content (AvgIpc) is 3.05. The summed E-state index contributed by atoms with van der Waals surface area (Å²) >= 11 is 1.52. The zero-order valence-corrected chi connectivity index (χ0v) is 18.6. The highest BCUT2D eigenvalue weighted by atomic mass is 32.1. The Labute approximate surface area is 166 Å². The molecule has 2 atom stereocenters. The molecule has 1 saturated carbocycles. The summed E-state index contributed by atoms with van der Waals surface area (Å²) in [6.45, 7) is 14.2. The number of aliphatic carboxylic acids is 1. The lowest BCUT2D eigenvalue weighted by Crippen LogP contribution is -2.42. The molecule has 5 nitrogen and oxygen atoms in total. The van der Waals surface area contributed by atoms with Crippen LogP contribution in [0.3, 0.4) is 0 Å². The van der Waals surface area contributed by atoms with E-state index in [0.717, 1.165) is 29.5 Å². The Hall–Kier alpha value is -1.43. The predicted octanol–water partition coefficient (Wildman–Crippen LogP) is 4.60. The lowest BCUT2D eigenvalue weighted by Gasteiger charge is -2.37. The van der Waals surface area contributed by atoms with Crippen molar-refractivity contribution in [3.8, 4) is 0 Å². The highest BCUT2D eigenvalue weighted by Gasteiger charge is 2.58. The molecule has 1 amide bonds. The van der Waals surface area contributed by atoms with Crippen LogP contribution in [0.25, 0.3) is 0 Å². The Morgan fingerprint density at radius 1 is 1.33 bits per heavy atom. The smallest absolute Gasteiger partial charge is 0.307 e. The van der Waals surface area contributed by atoms with Crippen molar-refractivity contribution in [3.63, 3.8) is 0 Å². The van der Waals surface area contributed by atoms with Crippen LogP contribution >= 0.6 is 11.5 Å². The van der Waals surface area contributed by atoms with Crippen LogP contribution in [0.1, 0.15) is 79.7 Å². The lowest BCUT2D eigenvalue weighted by molar-refractivity contribution is -0.148. The first-order valence-electron chi connectivity index (χ1n) is 9.89. The summed E-state index contributed by atoms with van der Waals surface area (Å²) in [5.74, 6) is -1.51. The molecule has 6 heteroatoms. The molecule has 1 aliphatic carbocycles. The van der Waals surface area contributed by atoms with Crippen molar-refractivity contribution in [1.29, 1.82) is 0 Å². The van der Waals surface area contributed by atoms with E-state index in [1.165, 1.54) is 11.5 Å². The number of aromatic nitrogens is 1. The lowest BCUT2D eigenvalue weighted by atomic mass is 9.65. The van der Waals surface area contributed by atoms with Crippen molar-refractivity contribution < 1.29 is 14.7 Å². The quantitative estimate of drug-likeness (QED) is 0.793. The van der Waals surface area contributed by atoms with Gasteiger partial charge in [-0.3, -0.25) is 13.5 Å². The van der Waals surface area contributed by atoms with Gasteiger partial charge in [-0.05, 0) is 63.4 Å². The highest BCUT2D eigenvalue weighted by Crippen LogP contribution is 2.56. The number of hydrogen-bond donors (Lipinski definition) is 1. The van der Waals surface area contributed by atoms with Crippen LogP contribution < -0.4 is 4.67 Å². The Bertz CT molecular complexity index is 782. The number of carbonyl (C=O) groups is 2. The first kappa shape index (κ1) is 21.9. The maximum absolute atomic E-state index is 13.2. The van der Waals surface area contributed by atoms with Crippen molar-refractivity contribution in [2.45, 2.75) is 86.1 Å². The third-order valence-corrected chi connectivity index (χ3v) is 7.77. The van der Waals surface area contributed by atoms with Gasteiger partial charge in [0.2, 0.25) is 0 Å². The number of hydrogen-bond acceptors (Lipinski definition) is 3. The van der Waals surface area contributed by atoms with Crippen LogP contribution in [0.4, 0.5) is 0 Å². The normalized spacial score (nSPS) is 25.7. The molecule has 2 unspecified atom stereocenters. The van der Waals surface area contributed by atoms with E-state index < -0.39 is 22.7 Å². The molecule has 152 valence electrons. The van der Waals surface area contributed by atoms with Crippen molar-refractivity contribution in [2.24, 2.45) is 21.7 Å². The maximum Gasteiger partial charge on any atom is 0.307 e. The van der Waals surface area contributed by atoms with Gasteiger partial charge in [0.25, 0.3) is 5.91 Å². The molecule has 2 rings (SSSR count). The maximum atomic E-state index is 13.2. The summed E-state index contributed by atoms with van der Waals surface area (Å²) < 4.78 is 2.94. The van der Waals surface area contributed by atoms with Crippen molar-refractivity contribution in [3.05, 3.63) is 16.4 Å². The van der Waals surface area contributed by atoms with Crippen LogP contribution in [0, 0.1) is 16.7 Å². The van der Waals surface area contributed by atoms with Gasteiger partial charge in [-0.25, -0.2) is 4.99 Å². The van der Waals surface area contributed by atoms with E-state index in [0.29, 0.717) is 12.8 Å². The third kappa shape index (κ3) is 4.05. The van der Waals surface area contributed by atoms with Gasteiger partial charge in [-0.15, -0.1) is 0 Å². The number of nitrogens with zero attached hydrogens (tertiary/aromatic N) is 2. The third-order valence-electron chi connectivity index (χ3n) is 6.39. The number of unbranched alkanes of at least 4 members (excludes halogenated alkanes) is 1. The second-order valence-corrected chi connectivity index (χ2v) is 10.5. The number of carboxylic acid groups (broad SMARTS) is 1. The second kappa shape index (κ2) is 7.53. The Kier molecular flexibility index (Phi) is 6.10. The number of amides is 1. The molecule has 1 aliphatic rings. The zero-order chi connectivity index (χ0) is 20.6. The molecule has 1 aromatic rings. The van der Waals surface area contributed by atoms with Crippen LogP contribution in [-0.4, -0.2) is 20.9 Å². The number of rotatable bonds is 5. The molecule has 0 spiro atoms. The van der Waals surface area contributed by atoms with Gasteiger partial charge in [-0.2, -0.15) is 0 Å². The summed E-state index contributed by atoms with van der Waals surface area (Å²) in [5.41, 5.74) is -0.332. The molecule has 1 fully saturated rings. The first-order chi connectivity index (χ1) is 12.3. The van der Waals surface area contributed by atoms with E-state index in [9.17, 15) is 14.7 Å². The number of aryl methyl sites for hydroxylation is 1. The topological polar surface area (TPSA) is 71.7 Å². The molecule has 1 heterocycles. The molecule has 1 aromatic heterocycles. The van der Waals surface area contributed by atoms with E-state index in [2.05, 4.69) is 42.8 Å². The molecule has 0 bridgehead atoms. The van der Waals surface area contributed by atoms with Gasteiger partial charge in [0.15, 0.2) is 0 Å². The second-order valence-electron chi connectivity index (χ2n) is 9.55. The zero-order valence-electron chi connectivity index (χ0n) is 17.8. The average molecular weight is 395 g/mol. The number of carboxylic acids is 1. The predicted molar refractivity (Wildman–Crippen MR) is 109 cm³/mol. The Morgan fingerprint density at radius 2 is 1.96 bits per heavy atom. The summed E-state index contributed by atoms with van der Waals surface area (Å²) in [5, 5.41) is 9.54. The fourth-order valence-electron chi connectivity index (χ4n) is 3.87. The van der Waals surface area contributed by atoms with Gasteiger partial charge in [0.1, 0.15) is 4.67 Å². The van der Waals surface area contributed by atoms with Crippen molar-refractivity contribution >= 4 is 23.4 Å². The highest BCUT2D eigenvalue weighted by molar-refractivity contribution is 7.04. The van der Waals surface area contributed by atoms with Gasteiger partial charge >= 0.3 is 5.97 Å². The summed E-state index contributed by atoms with van der Waals surface area (Å²) in [6, 6.07) is 0. The molecular weight excluding hydrogens is 360 g/mol. The van der Waals surface area contributed by atoms with Crippen LogP contribution in [0.5, 0.6) is 0 Å². The molecular formula is C21H34N2O3S. The minimum Gasteiger partial charge on any atom is -0.481 e. The van der Waals surface area contributed by atoms with E-state index in [4.69, 9.17) is 0 Å². The van der Waals surface area contributed by atoms with Crippen molar-refractivity contribution in [1.82, 2.24) is 3.96 Å².